The molecular weight excluding hydrogens is 860 g/mol. The molecule has 0 aliphatic carbocycles. The number of imidazole rings is 2. The van der Waals surface area contributed by atoms with Gasteiger partial charge in [0, 0.05) is 14.2 Å². The van der Waals surface area contributed by atoms with Crippen LogP contribution < -0.4 is 26.5 Å². The highest BCUT2D eigenvalue weighted by molar-refractivity contribution is 7.66. The van der Waals surface area contributed by atoms with E-state index in [1.807, 2.05) is 0 Å². The molecule has 4 aromatic heterocycles. The van der Waals surface area contributed by atoms with E-state index in [4.69, 9.17) is 44.0 Å². The van der Waals surface area contributed by atoms with E-state index in [-0.39, 0.29) is 34.1 Å². The summed E-state index contributed by atoms with van der Waals surface area (Å²) in [6.07, 6.45) is -8.29. The molecule has 316 valence electrons. The number of hydrogen-bond donors (Lipinski definition) is 8. The van der Waals surface area contributed by atoms with E-state index in [0.717, 1.165) is 20.5 Å². The summed E-state index contributed by atoms with van der Waals surface area (Å²) in [5.74, 6) is -0.295. The Morgan fingerprint density at radius 3 is 2.16 bits per heavy atom. The van der Waals surface area contributed by atoms with Crippen molar-refractivity contribution in [2.75, 3.05) is 38.9 Å². The number of rotatable bonds is 16. The SMILES string of the molecule is CO[C@@H]1[C@H](OP(=O)(O)O)[C@@H](COP(=O)(O)OP(=O)([O-])OP(=O)(O)OC[C@H]2O[C@@H]([n+]3cn(C)c4c(=O)[nH]c(N)nc43)[C@H](O)[C@@H]2OC)O[C@H]1n1cnc2c(N)ncnc21. The van der Waals surface area contributed by atoms with E-state index in [0.29, 0.717) is 0 Å². The number of fused-ring (bicyclic) bond motifs is 2. The predicted octanol–water partition coefficient (Wildman–Crippen LogP) is -3.05. The number of aryl methyl sites for hydroxylation is 1. The number of ether oxygens (including phenoxy) is 4. The van der Waals surface area contributed by atoms with E-state index in [1.165, 1.54) is 33.4 Å². The maximum absolute atomic E-state index is 12.7. The second-order valence-electron chi connectivity index (χ2n) is 12.1. The summed E-state index contributed by atoms with van der Waals surface area (Å²) in [7, 11) is -19.5. The van der Waals surface area contributed by atoms with Crippen LogP contribution in [0, 0.1) is 0 Å². The van der Waals surface area contributed by atoms with Gasteiger partial charge in [0.05, 0.1) is 26.6 Å². The number of aromatic nitrogens is 8. The Kier molecular flexibility index (Phi) is 12.3. The van der Waals surface area contributed by atoms with Crippen LogP contribution in [-0.4, -0.2) is 123 Å². The summed E-state index contributed by atoms with van der Waals surface area (Å²) >= 11 is 0. The number of nitrogens with two attached hydrogens (primary N) is 2. The van der Waals surface area contributed by atoms with Crippen LogP contribution in [0.1, 0.15) is 12.5 Å². The summed E-state index contributed by atoms with van der Waals surface area (Å²) in [6, 6.07) is 0. The van der Waals surface area contributed by atoms with E-state index < -0.39 is 99.1 Å². The molecule has 2 saturated heterocycles. The highest BCUT2D eigenvalue weighted by Gasteiger charge is 2.52. The Morgan fingerprint density at radius 1 is 0.947 bits per heavy atom. The van der Waals surface area contributed by atoms with Crippen LogP contribution in [0.3, 0.4) is 0 Å². The minimum Gasteiger partial charge on any atom is -0.756 e. The van der Waals surface area contributed by atoms with Gasteiger partial charge in [0.1, 0.15) is 48.5 Å². The molecule has 4 aromatic rings. The molecule has 10 N–H and O–H groups in total. The molecule has 6 rings (SSSR count). The zero-order chi connectivity index (χ0) is 41.8. The maximum atomic E-state index is 12.7. The minimum absolute atomic E-state index is 0.0226. The Balaban J connectivity index is 1.10. The van der Waals surface area contributed by atoms with Crippen molar-refractivity contribution in [3.63, 3.8) is 0 Å². The van der Waals surface area contributed by atoms with Crippen molar-refractivity contribution in [2.45, 2.75) is 49.1 Å². The van der Waals surface area contributed by atoms with Gasteiger partial charge >= 0.3 is 29.1 Å². The van der Waals surface area contributed by atoms with Crippen molar-refractivity contribution in [3.05, 3.63) is 29.3 Å². The fraction of sp³-hybridized carbons (Fsp3) is 0.565. The van der Waals surface area contributed by atoms with Crippen LogP contribution in [0.25, 0.3) is 22.3 Å². The zero-order valence-electron chi connectivity index (χ0n) is 29.2. The zero-order valence-corrected chi connectivity index (χ0v) is 32.8. The van der Waals surface area contributed by atoms with Crippen molar-refractivity contribution < 1.29 is 93.5 Å². The van der Waals surface area contributed by atoms with Gasteiger partial charge in [-0.3, -0.25) is 37.0 Å². The number of aliphatic hydroxyl groups excluding tert-OH is 1. The van der Waals surface area contributed by atoms with Crippen LogP contribution in [-0.2, 0) is 66.4 Å². The van der Waals surface area contributed by atoms with Gasteiger partial charge in [0.25, 0.3) is 19.3 Å². The van der Waals surface area contributed by atoms with Gasteiger partial charge in [0.2, 0.25) is 11.7 Å². The minimum atomic E-state index is -6.30. The standard InChI is InChI=1S/C23H34N10O20P4/c1-31-8-33(19-12(31)20(35)30-23(25)29-19)21-13(34)14(45-2)9(49-21)4-47-55(39,40)52-57(43,44)53-56(41,42)48-5-10-15(51-54(36,37)38)16(46-3)22(50-10)32-7-28-11-17(24)26-6-27-18(11)32/h6-10,13-16,21-22,34H,4-5H2,1-3H3,(H9-,24,25,26,27,29,30,35,36,37,38,39,40,41,42,43,44)/t9-,10-,13-,14-,15-,16-,21-,22-/m1/s1. The van der Waals surface area contributed by atoms with Gasteiger partial charge in [0.15, 0.2) is 24.0 Å². The van der Waals surface area contributed by atoms with Crippen LogP contribution in [0.15, 0.2) is 23.8 Å². The lowest BCUT2D eigenvalue weighted by atomic mass is 10.1. The smallest absolute Gasteiger partial charge is 0.478 e. The van der Waals surface area contributed by atoms with E-state index in [9.17, 15) is 52.6 Å². The molecule has 0 bridgehead atoms. The molecule has 6 heterocycles. The molecule has 0 radical (unpaired) electrons. The van der Waals surface area contributed by atoms with Crippen LogP contribution in [0.4, 0.5) is 11.8 Å². The van der Waals surface area contributed by atoms with Crippen molar-refractivity contribution in [1.82, 2.24) is 34.1 Å². The molecule has 2 aliphatic rings. The van der Waals surface area contributed by atoms with E-state index in [2.05, 4.69) is 33.5 Å². The molecule has 0 spiro atoms. The number of nitrogens with zero attached hydrogens (tertiary/aromatic N) is 7. The fourth-order valence-electron chi connectivity index (χ4n) is 6.14. The number of nitrogen functional groups attached to an aromatic ring is 2. The second-order valence-corrected chi connectivity index (χ2v) is 17.8. The Morgan fingerprint density at radius 2 is 1.56 bits per heavy atom. The Labute approximate surface area is 317 Å². The maximum Gasteiger partial charge on any atom is 0.478 e. The second kappa shape index (κ2) is 16.1. The summed E-state index contributed by atoms with van der Waals surface area (Å²) < 4.78 is 98.0. The molecule has 2 fully saturated rings. The van der Waals surface area contributed by atoms with Crippen molar-refractivity contribution in [3.8, 4) is 0 Å². The first-order valence-electron chi connectivity index (χ1n) is 15.7. The molecular formula is C23H34N10O20P4. The quantitative estimate of drug-likeness (QED) is 0.0409. The fourth-order valence-corrected chi connectivity index (χ4v) is 10.2. The largest absolute Gasteiger partial charge is 0.756 e. The average molecular weight is 894 g/mol. The number of phosphoric acid groups is 4. The van der Waals surface area contributed by atoms with Gasteiger partial charge < -0.3 is 60.0 Å². The Bertz CT molecular complexity index is 2390. The first-order valence-corrected chi connectivity index (χ1v) is 21.7. The molecule has 0 amide bonds. The number of H-pyrrole nitrogens is 1. The molecule has 34 heteroatoms. The normalized spacial score (nSPS) is 28.8. The summed E-state index contributed by atoms with van der Waals surface area (Å²) in [6.45, 7) is -2.18. The summed E-state index contributed by atoms with van der Waals surface area (Å²) in [5, 5.41) is 11.0. The first-order chi connectivity index (χ1) is 26.5. The Hall–Kier alpha value is -3.18. The number of nitrogens with one attached hydrogen (secondary N) is 1. The van der Waals surface area contributed by atoms with Crippen LogP contribution >= 0.6 is 31.3 Å². The van der Waals surface area contributed by atoms with Crippen molar-refractivity contribution in [1.29, 1.82) is 0 Å². The molecule has 2 aliphatic heterocycles. The average Bonchev–Trinajstić information content (AvgIpc) is 3.83. The molecule has 57 heavy (non-hydrogen) atoms. The third-order valence-corrected chi connectivity index (χ3v) is 13.1. The number of aromatic amines is 1. The molecule has 11 atom stereocenters. The summed E-state index contributed by atoms with van der Waals surface area (Å²) in [4.78, 5) is 82.8. The topological polar surface area (TPSA) is 426 Å². The van der Waals surface area contributed by atoms with Crippen molar-refractivity contribution >= 4 is 65.4 Å². The number of aliphatic hydroxyl groups is 1. The predicted molar refractivity (Wildman–Crippen MR) is 179 cm³/mol. The number of anilines is 2. The monoisotopic (exact) mass is 894 g/mol. The van der Waals surface area contributed by atoms with Gasteiger partial charge in [-0.1, -0.05) is 4.98 Å². The lowest BCUT2D eigenvalue weighted by Crippen LogP contribution is -2.46. The van der Waals surface area contributed by atoms with Gasteiger partial charge in [-0.25, -0.2) is 41.8 Å². The highest BCUT2D eigenvalue weighted by atomic mass is 31.3. The molecule has 3 unspecified atom stereocenters. The molecule has 0 saturated carbocycles. The lowest BCUT2D eigenvalue weighted by molar-refractivity contribution is -0.745. The molecule has 0 aromatic carbocycles. The summed E-state index contributed by atoms with van der Waals surface area (Å²) in [5.41, 5.74) is 11.0. The third-order valence-electron chi connectivity index (χ3n) is 8.33. The van der Waals surface area contributed by atoms with Crippen molar-refractivity contribution in [2.24, 2.45) is 7.05 Å². The van der Waals surface area contributed by atoms with Gasteiger partial charge in [-0.15, -0.1) is 0 Å². The highest BCUT2D eigenvalue weighted by Crippen LogP contribution is 2.66. The first kappa shape index (κ1) is 43.4. The van der Waals surface area contributed by atoms with Crippen LogP contribution in [0.5, 0.6) is 0 Å². The third kappa shape index (κ3) is 9.35. The molecule has 30 nitrogen and oxygen atoms in total. The van der Waals surface area contributed by atoms with Crippen LogP contribution in [0.2, 0.25) is 0 Å². The van der Waals surface area contributed by atoms with Gasteiger partial charge in [-0.05, 0) is 0 Å². The van der Waals surface area contributed by atoms with E-state index >= 15 is 0 Å². The number of methoxy groups -OCH3 is 2. The lowest BCUT2D eigenvalue weighted by Gasteiger charge is -2.27. The van der Waals surface area contributed by atoms with E-state index in [1.54, 1.807) is 0 Å². The number of hydrogen-bond acceptors (Lipinski definition) is 22. The van der Waals surface area contributed by atoms with Gasteiger partial charge in [-0.2, -0.15) is 0 Å². The number of phosphoric ester groups is 3.